The van der Waals surface area contributed by atoms with Crippen LogP contribution in [0.1, 0.15) is 60.5 Å². The predicted octanol–water partition coefficient (Wildman–Crippen LogP) is 3.08. The van der Waals surface area contributed by atoms with Crippen LogP contribution >= 0.6 is 0 Å². The Labute approximate surface area is 156 Å². The zero-order valence-electron chi connectivity index (χ0n) is 16.0. The molecule has 2 rings (SSSR count). The second kappa shape index (κ2) is 8.80. The molecular weight excluding hydrogens is 350 g/mol. The zero-order chi connectivity index (χ0) is 19.3. The minimum absolute atomic E-state index is 0.0333. The van der Waals surface area contributed by atoms with Crippen LogP contribution in [0, 0.1) is 13.8 Å². The minimum atomic E-state index is -3.04. The van der Waals surface area contributed by atoms with Crippen molar-refractivity contribution in [2.75, 3.05) is 18.1 Å². The van der Waals surface area contributed by atoms with Gasteiger partial charge in [0.15, 0.2) is 15.6 Å². The molecule has 0 aliphatic carbocycles. The molecule has 1 unspecified atom stereocenters. The summed E-state index contributed by atoms with van der Waals surface area (Å²) in [6, 6.07) is 5.50. The molecule has 1 aromatic rings. The van der Waals surface area contributed by atoms with Crippen LogP contribution in [-0.2, 0) is 14.6 Å². The highest BCUT2D eigenvalue weighted by Gasteiger charge is 2.34. The quantitative estimate of drug-likeness (QED) is 0.651. The fraction of sp³-hybridized carbons (Fsp3) is 0.600. The molecule has 5 nitrogen and oxygen atoms in total. The number of Topliss-reactive ketones (excluding diaryl/α,β-unsaturated/α-hetero) is 1. The molecule has 26 heavy (non-hydrogen) atoms. The first-order valence-electron chi connectivity index (χ1n) is 9.34. The molecule has 0 spiro atoms. The molecule has 1 heterocycles. The van der Waals surface area contributed by atoms with Crippen LogP contribution in [0.15, 0.2) is 18.2 Å². The van der Waals surface area contributed by atoms with Crippen molar-refractivity contribution in [2.45, 2.75) is 58.9 Å². The summed E-state index contributed by atoms with van der Waals surface area (Å²) in [4.78, 5) is 26.9. The summed E-state index contributed by atoms with van der Waals surface area (Å²) in [7, 11) is -3.04. The second-order valence-corrected chi connectivity index (χ2v) is 9.47. The van der Waals surface area contributed by atoms with E-state index in [1.807, 2.05) is 39.0 Å². The first-order chi connectivity index (χ1) is 12.2. The SMILES string of the molecule is CCCCN(C(=O)CCC(=O)c1cc(C)ccc1C)C1CCS(=O)(=O)C1. The highest BCUT2D eigenvalue weighted by Crippen LogP contribution is 2.20. The third kappa shape index (κ3) is 5.40. The monoisotopic (exact) mass is 379 g/mol. The molecule has 0 bridgehead atoms. The maximum absolute atomic E-state index is 12.7. The summed E-state index contributed by atoms with van der Waals surface area (Å²) in [6.45, 7) is 6.44. The maximum Gasteiger partial charge on any atom is 0.223 e. The van der Waals surface area contributed by atoms with Crippen molar-refractivity contribution in [1.82, 2.24) is 4.90 Å². The van der Waals surface area contributed by atoms with Crippen molar-refractivity contribution in [1.29, 1.82) is 0 Å². The highest BCUT2D eigenvalue weighted by atomic mass is 32.2. The van der Waals surface area contributed by atoms with Gasteiger partial charge in [-0.1, -0.05) is 31.0 Å². The molecular formula is C20H29NO4S. The van der Waals surface area contributed by atoms with E-state index in [1.54, 1.807) is 4.90 Å². The number of unbranched alkanes of at least 4 members (excludes halogenated alkanes) is 1. The van der Waals surface area contributed by atoms with Crippen LogP contribution in [-0.4, -0.2) is 49.1 Å². The van der Waals surface area contributed by atoms with E-state index in [0.717, 1.165) is 24.0 Å². The Morgan fingerprint density at radius 2 is 1.92 bits per heavy atom. The van der Waals surface area contributed by atoms with Gasteiger partial charge < -0.3 is 4.90 Å². The summed E-state index contributed by atoms with van der Waals surface area (Å²) < 4.78 is 23.5. The Kier molecular flexibility index (Phi) is 6.98. The number of carbonyl (C=O) groups excluding carboxylic acids is 2. The van der Waals surface area contributed by atoms with Gasteiger partial charge in [-0.2, -0.15) is 0 Å². The smallest absolute Gasteiger partial charge is 0.223 e. The van der Waals surface area contributed by atoms with E-state index in [0.29, 0.717) is 18.5 Å². The Hall–Kier alpha value is -1.69. The van der Waals surface area contributed by atoms with Gasteiger partial charge in [-0.15, -0.1) is 0 Å². The molecule has 1 amide bonds. The van der Waals surface area contributed by atoms with E-state index in [1.165, 1.54) is 0 Å². The van der Waals surface area contributed by atoms with Crippen LogP contribution in [0.4, 0.5) is 0 Å². The van der Waals surface area contributed by atoms with Gasteiger partial charge in [0.05, 0.1) is 11.5 Å². The van der Waals surface area contributed by atoms with E-state index in [9.17, 15) is 18.0 Å². The number of sulfone groups is 1. The van der Waals surface area contributed by atoms with E-state index in [4.69, 9.17) is 0 Å². The Balaban J connectivity index is 2.02. The molecule has 1 aliphatic rings. The van der Waals surface area contributed by atoms with E-state index in [-0.39, 0.29) is 42.1 Å². The van der Waals surface area contributed by atoms with Gasteiger partial charge in [0.2, 0.25) is 5.91 Å². The number of hydrogen-bond acceptors (Lipinski definition) is 4. The topological polar surface area (TPSA) is 71.5 Å². The molecule has 1 atom stereocenters. The lowest BCUT2D eigenvalue weighted by molar-refractivity contribution is -0.133. The minimum Gasteiger partial charge on any atom is -0.339 e. The summed E-state index contributed by atoms with van der Waals surface area (Å²) in [6.07, 6.45) is 2.57. The first-order valence-corrected chi connectivity index (χ1v) is 11.2. The maximum atomic E-state index is 12.7. The fourth-order valence-electron chi connectivity index (χ4n) is 3.40. The lowest BCUT2D eigenvalue weighted by Crippen LogP contribution is -2.41. The van der Waals surface area contributed by atoms with E-state index >= 15 is 0 Å². The van der Waals surface area contributed by atoms with Crippen molar-refractivity contribution < 1.29 is 18.0 Å². The van der Waals surface area contributed by atoms with Crippen LogP contribution in [0.3, 0.4) is 0 Å². The van der Waals surface area contributed by atoms with Gasteiger partial charge in [0.1, 0.15) is 0 Å². The number of hydrogen-bond donors (Lipinski definition) is 0. The average molecular weight is 380 g/mol. The average Bonchev–Trinajstić information content (AvgIpc) is 2.94. The van der Waals surface area contributed by atoms with Gasteiger partial charge in [0.25, 0.3) is 0 Å². The van der Waals surface area contributed by atoms with Crippen molar-refractivity contribution in [3.8, 4) is 0 Å². The van der Waals surface area contributed by atoms with Crippen molar-refractivity contribution in [3.05, 3.63) is 34.9 Å². The number of nitrogens with zero attached hydrogens (tertiary/aromatic N) is 1. The number of ketones is 1. The summed E-state index contributed by atoms with van der Waals surface area (Å²) >= 11 is 0. The molecule has 0 radical (unpaired) electrons. The summed E-state index contributed by atoms with van der Waals surface area (Å²) in [5, 5.41) is 0. The van der Waals surface area contributed by atoms with E-state index < -0.39 is 9.84 Å². The van der Waals surface area contributed by atoms with Crippen LogP contribution in [0.5, 0.6) is 0 Å². The molecule has 0 N–H and O–H groups in total. The molecule has 0 saturated carbocycles. The summed E-state index contributed by atoms with van der Waals surface area (Å²) in [5.41, 5.74) is 2.60. The van der Waals surface area contributed by atoms with Crippen LogP contribution in [0.2, 0.25) is 0 Å². The third-order valence-corrected chi connectivity index (χ3v) is 6.73. The van der Waals surface area contributed by atoms with Crippen LogP contribution < -0.4 is 0 Å². The molecule has 144 valence electrons. The molecule has 0 aromatic heterocycles. The van der Waals surface area contributed by atoms with Crippen LogP contribution in [0.25, 0.3) is 0 Å². The third-order valence-electron chi connectivity index (χ3n) is 4.98. The zero-order valence-corrected chi connectivity index (χ0v) is 16.8. The number of amides is 1. The number of benzene rings is 1. The molecule has 1 aromatic carbocycles. The number of carbonyl (C=O) groups is 2. The van der Waals surface area contributed by atoms with Crippen molar-refractivity contribution >= 4 is 21.5 Å². The van der Waals surface area contributed by atoms with Gasteiger partial charge in [-0.25, -0.2) is 8.42 Å². The molecule has 1 fully saturated rings. The number of aryl methyl sites for hydroxylation is 2. The van der Waals surface area contributed by atoms with E-state index in [2.05, 4.69) is 0 Å². The molecule has 6 heteroatoms. The standard InChI is InChI=1S/C20H29NO4S/c1-4-5-11-21(17-10-12-26(24,25)14-17)20(23)9-8-19(22)18-13-15(2)6-7-16(18)3/h6-7,13,17H,4-5,8-12,14H2,1-3H3. The van der Waals surface area contributed by atoms with Gasteiger partial charge in [-0.3, -0.25) is 9.59 Å². The normalized spacial score (nSPS) is 18.7. The van der Waals surface area contributed by atoms with Gasteiger partial charge >= 0.3 is 0 Å². The fourth-order valence-corrected chi connectivity index (χ4v) is 5.13. The Morgan fingerprint density at radius 1 is 1.19 bits per heavy atom. The Bertz CT molecular complexity index is 770. The van der Waals surface area contributed by atoms with Crippen molar-refractivity contribution in [3.63, 3.8) is 0 Å². The second-order valence-electron chi connectivity index (χ2n) is 7.24. The van der Waals surface area contributed by atoms with Gasteiger partial charge in [0, 0.05) is 31.0 Å². The Morgan fingerprint density at radius 3 is 2.54 bits per heavy atom. The van der Waals surface area contributed by atoms with Gasteiger partial charge in [-0.05, 0) is 38.3 Å². The lowest BCUT2D eigenvalue weighted by atomic mass is 9.99. The molecule has 1 aliphatic heterocycles. The highest BCUT2D eigenvalue weighted by molar-refractivity contribution is 7.91. The predicted molar refractivity (Wildman–Crippen MR) is 103 cm³/mol. The lowest BCUT2D eigenvalue weighted by Gasteiger charge is -2.28. The molecule has 1 saturated heterocycles. The largest absolute Gasteiger partial charge is 0.339 e. The first kappa shape index (κ1) is 20.6. The summed E-state index contributed by atoms with van der Waals surface area (Å²) in [5.74, 6) is 0.0517. The van der Waals surface area contributed by atoms with Crippen molar-refractivity contribution in [2.24, 2.45) is 0 Å². The number of rotatable bonds is 8.